The minimum absolute atomic E-state index is 0.0730. The molecule has 34 heavy (non-hydrogen) atoms. The molecule has 180 valence electrons. The van der Waals surface area contributed by atoms with Gasteiger partial charge in [-0.1, -0.05) is 6.07 Å². The molecule has 2 aliphatic heterocycles. The second-order valence-corrected chi connectivity index (χ2v) is 9.04. The lowest BCUT2D eigenvalue weighted by Gasteiger charge is -2.43. The molecule has 1 atom stereocenters. The quantitative estimate of drug-likeness (QED) is 0.601. The zero-order chi connectivity index (χ0) is 24.5. The summed E-state index contributed by atoms with van der Waals surface area (Å²) in [7, 11) is 1.61. The van der Waals surface area contributed by atoms with Gasteiger partial charge in [-0.05, 0) is 54.7 Å². The number of amides is 1. The summed E-state index contributed by atoms with van der Waals surface area (Å²) in [6, 6.07) is 11.0. The molecule has 0 N–H and O–H groups in total. The number of carbonyl (C=O) groups excluding carboxylic acids is 1. The standard InChI is InChI=1S/C25H25F4N3O2/c1-34-15-19-14-32(23(33)17-3-2-4-20(26)11-17)16-24(19)7-9-31(10-8-24)21-6-5-18(13-30)22(12-21)25(27,28)29/h2-6,11-12,19H,7-10,14-16H2,1H3. The topological polar surface area (TPSA) is 56.6 Å². The molecule has 5 nitrogen and oxygen atoms in total. The molecular weight excluding hydrogens is 450 g/mol. The van der Waals surface area contributed by atoms with Gasteiger partial charge in [-0.15, -0.1) is 0 Å². The predicted molar refractivity (Wildman–Crippen MR) is 118 cm³/mol. The second-order valence-electron chi connectivity index (χ2n) is 9.04. The molecule has 4 rings (SSSR count). The molecule has 0 bridgehead atoms. The van der Waals surface area contributed by atoms with Crippen molar-refractivity contribution in [1.29, 1.82) is 5.26 Å². The number of nitriles is 1. The van der Waals surface area contributed by atoms with E-state index in [1.165, 1.54) is 24.3 Å². The summed E-state index contributed by atoms with van der Waals surface area (Å²) in [4.78, 5) is 16.7. The van der Waals surface area contributed by atoms with E-state index >= 15 is 0 Å². The average Bonchev–Trinajstić information content (AvgIpc) is 3.16. The Hall–Kier alpha value is -3.12. The van der Waals surface area contributed by atoms with Crippen LogP contribution in [0.2, 0.25) is 0 Å². The molecule has 1 unspecified atom stereocenters. The number of anilines is 1. The van der Waals surface area contributed by atoms with E-state index in [1.807, 2.05) is 4.90 Å². The van der Waals surface area contributed by atoms with Crippen LogP contribution in [0, 0.1) is 28.5 Å². The molecule has 2 saturated heterocycles. The number of nitrogens with zero attached hydrogens (tertiary/aromatic N) is 3. The van der Waals surface area contributed by atoms with Crippen molar-refractivity contribution in [2.75, 3.05) is 44.8 Å². The summed E-state index contributed by atoms with van der Waals surface area (Å²) in [5, 5.41) is 9.04. The van der Waals surface area contributed by atoms with Crippen LogP contribution in [0.25, 0.3) is 0 Å². The zero-order valence-corrected chi connectivity index (χ0v) is 18.7. The first-order valence-electron chi connectivity index (χ1n) is 11.1. The largest absolute Gasteiger partial charge is 0.417 e. The predicted octanol–water partition coefficient (Wildman–Crippen LogP) is 4.72. The van der Waals surface area contributed by atoms with Crippen molar-refractivity contribution in [2.24, 2.45) is 11.3 Å². The lowest BCUT2D eigenvalue weighted by molar-refractivity contribution is -0.137. The van der Waals surface area contributed by atoms with Crippen molar-refractivity contribution in [3.05, 3.63) is 65.0 Å². The molecule has 0 aliphatic carbocycles. The van der Waals surface area contributed by atoms with Crippen LogP contribution in [-0.2, 0) is 10.9 Å². The lowest BCUT2D eigenvalue weighted by Crippen LogP contribution is -2.45. The van der Waals surface area contributed by atoms with E-state index in [4.69, 9.17) is 10.00 Å². The maximum atomic E-state index is 13.6. The van der Waals surface area contributed by atoms with Crippen LogP contribution in [0.1, 0.15) is 34.3 Å². The third kappa shape index (κ3) is 4.60. The number of ether oxygens (including phenoxy) is 1. The third-order valence-electron chi connectivity index (χ3n) is 7.09. The van der Waals surface area contributed by atoms with Crippen LogP contribution in [0.15, 0.2) is 42.5 Å². The Morgan fingerprint density at radius 2 is 1.94 bits per heavy atom. The van der Waals surface area contributed by atoms with Crippen molar-refractivity contribution >= 4 is 11.6 Å². The van der Waals surface area contributed by atoms with E-state index in [0.29, 0.717) is 56.9 Å². The van der Waals surface area contributed by atoms with Crippen LogP contribution in [0.3, 0.4) is 0 Å². The van der Waals surface area contributed by atoms with Gasteiger partial charge in [0.25, 0.3) is 5.91 Å². The number of hydrogen-bond acceptors (Lipinski definition) is 4. The van der Waals surface area contributed by atoms with Crippen molar-refractivity contribution in [3.8, 4) is 6.07 Å². The van der Waals surface area contributed by atoms with E-state index in [9.17, 15) is 22.4 Å². The maximum absolute atomic E-state index is 13.6. The summed E-state index contributed by atoms with van der Waals surface area (Å²) in [5.41, 5.74) is -0.836. The van der Waals surface area contributed by atoms with Gasteiger partial charge in [-0.3, -0.25) is 4.79 Å². The molecule has 2 aromatic rings. The number of alkyl halides is 3. The third-order valence-corrected chi connectivity index (χ3v) is 7.09. The molecule has 1 spiro atoms. The first-order chi connectivity index (χ1) is 16.2. The molecule has 0 saturated carbocycles. The Morgan fingerprint density at radius 1 is 1.21 bits per heavy atom. The summed E-state index contributed by atoms with van der Waals surface area (Å²) in [6.07, 6.45) is -3.25. The van der Waals surface area contributed by atoms with Gasteiger partial charge in [0.15, 0.2) is 0 Å². The Morgan fingerprint density at radius 3 is 2.56 bits per heavy atom. The smallest absolute Gasteiger partial charge is 0.384 e. The number of hydrogen-bond donors (Lipinski definition) is 0. The van der Waals surface area contributed by atoms with Crippen LogP contribution in [0.5, 0.6) is 0 Å². The number of likely N-dealkylation sites (tertiary alicyclic amines) is 1. The monoisotopic (exact) mass is 475 g/mol. The number of carbonyl (C=O) groups is 1. The van der Waals surface area contributed by atoms with Gasteiger partial charge in [0, 0.05) is 50.5 Å². The Kier molecular flexibility index (Phi) is 6.54. The molecule has 0 radical (unpaired) electrons. The molecule has 2 fully saturated rings. The highest BCUT2D eigenvalue weighted by Gasteiger charge is 2.49. The first kappa shape index (κ1) is 24.0. The normalized spacial score (nSPS) is 19.9. The minimum atomic E-state index is -4.61. The summed E-state index contributed by atoms with van der Waals surface area (Å²) < 4.78 is 59.3. The second kappa shape index (κ2) is 9.26. The van der Waals surface area contributed by atoms with Gasteiger partial charge in [0.1, 0.15) is 5.82 Å². The van der Waals surface area contributed by atoms with Crippen molar-refractivity contribution in [2.45, 2.75) is 19.0 Å². The van der Waals surface area contributed by atoms with Gasteiger partial charge in [-0.25, -0.2) is 4.39 Å². The van der Waals surface area contributed by atoms with E-state index < -0.39 is 23.1 Å². The summed E-state index contributed by atoms with van der Waals surface area (Å²) in [6.45, 7) is 2.47. The molecule has 2 heterocycles. The number of benzene rings is 2. The lowest BCUT2D eigenvalue weighted by atomic mass is 9.71. The van der Waals surface area contributed by atoms with Gasteiger partial charge < -0.3 is 14.5 Å². The zero-order valence-electron chi connectivity index (χ0n) is 18.7. The molecule has 9 heteroatoms. The highest BCUT2D eigenvalue weighted by Crippen LogP contribution is 2.46. The number of methoxy groups -OCH3 is 1. The van der Waals surface area contributed by atoms with Crippen molar-refractivity contribution in [1.82, 2.24) is 4.90 Å². The fourth-order valence-electron chi connectivity index (χ4n) is 5.26. The van der Waals surface area contributed by atoms with E-state index in [0.717, 1.165) is 6.07 Å². The number of halogens is 4. The summed E-state index contributed by atoms with van der Waals surface area (Å²) >= 11 is 0. The van der Waals surface area contributed by atoms with Crippen molar-refractivity contribution < 1.29 is 27.1 Å². The highest BCUT2D eigenvalue weighted by atomic mass is 19.4. The summed E-state index contributed by atoms with van der Waals surface area (Å²) in [5.74, 6) is -0.632. The Bertz CT molecular complexity index is 1100. The number of piperidine rings is 1. The van der Waals surface area contributed by atoms with Crippen LogP contribution >= 0.6 is 0 Å². The van der Waals surface area contributed by atoms with Crippen LogP contribution in [-0.4, -0.2) is 50.7 Å². The van der Waals surface area contributed by atoms with Crippen molar-refractivity contribution in [3.63, 3.8) is 0 Å². The minimum Gasteiger partial charge on any atom is -0.384 e. The van der Waals surface area contributed by atoms with E-state index in [2.05, 4.69) is 0 Å². The van der Waals surface area contributed by atoms with Crippen LogP contribution in [0.4, 0.5) is 23.2 Å². The van der Waals surface area contributed by atoms with Gasteiger partial charge in [0.2, 0.25) is 0 Å². The Balaban J connectivity index is 1.52. The molecule has 1 amide bonds. The maximum Gasteiger partial charge on any atom is 0.417 e. The highest BCUT2D eigenvalue weighted by molar-refractivity contribution is 5.94. The molecule has 2 aromatic carbocycles. The van der Waals surface area contributed by atoms with E-state index in [1.54, 1.807) is 30.2 Å². The van der Waals surface area contributed by atoms with Gasteiger partial charge >= 0.3 is 6.18 Å². The first-order valence-corrected chi connectivity index (χ1v) is 11.1. The molecule has 2 aliphatic rings. The SMILES string of the molecule is COCC1CN(C(=O)c2cccc(F)c2)CC12CCN(c1ccc(C#N)c(C(F)(F)F)c1)CC2. The fraction of sp³-hybridized carbons (Fsp3) is 0.440. The van der Waals surface area contributed by atoms with Crippen LogP contribution < -0.4 is 4.90 Å². The molecule has 0 aromatic heterocycles. The van der Waals surface area contributed by atoms with Gasteiger partial charge in [0.05, 0.1) is 23.8 Å². The molecular formula is C25H25F4N3O2. The number of rotatable bonds is 4. The average molecular weight is 475 g/mol. The van der Waals surface area contributed by atoms with Gasteiger partial charge in [-0.2, -0.15) is 18.4 Å². The fourth-order valence-corrected chi connectivity index (χ4v) is 5.26. The van der Waals surface area contributed by atoms with E-state index in [-0.39, 0.29) is 17.2 Å². The Labute approximate surface area is 195 Å².